The number of amides is 2. The van der Waals surface area contributed by atoms with Crippen LogP contribution < -0.4 is 11.1 Å². The minimum Gasteiger partial charge on any atom is -0.381 e. The fraction of sp³-hybridized carbons (Fsp3) is 0.500. The number of benzene rings is 1. The first-order valence-electron chi connectivity index (χ1n) is 7.38. The smallest absolute Gasteiger partial charge is 0.239 e. The molecule has 0 aliphatic carbocycles. The van der Waals surface area contributed by atoms with E-state index < -0.39 is 11.9 Å². The number of rotatable bonds is 7. The third-order valence-corrected chi connectivity index (χ3v) is 3.76. The molecular formula is C16H22N2O3. The number of hydrogen-bond acceptors (Lipinski definition) is 3. The molecule has 5 nitrogen and oxygen atoms in total. The number of nitrogens with one attached hydrogen (secondary N) is 1. The summed E-state index contributed by atoms with van der Waals surface area (Å²) in [6.07, 6.45) is 2.94. The summed E-state index contributed by atoms with van der Waals surface area (Å²) < 4.78 is 5.18. The van der Waals surface area contributed by atoms with Gasteiger partial charge < -0.3 is 15.8 Å². The van der Waals surface area contributed by atoms with Gasteiger partial charge >= 0.3 is 0 Å². The number of aryl methyl sites for hydroxylation is 1. The average Bonchev–Trinajstić information content (AvgIpc) is 3.01. The highest BCUT2D eigenvalue weighted by Crippen LogP contribution is 2.13. The van der Waals surface area contributed by atoms with Crippen LogP contribution in [0.3, 0.4) is 0 Å². The first-order valence-corrected chi connectivity index (χ1v) is 7.38. The molecule has 0 unspecified atom stereocenters. The molecule has 2 amide bonds. The Morgan fingerprint density at radius 2 is 2.10 bits per heavy atom. The molecule has 3 N–H and O–H groups in total. The van der Waals surface area contributed by atoms with Crippen LogP contribution in [0, 0.1) is 5.92 Å². The van der Waals surface area contributed by atoms with E-state index in [0.717, 1.165) is 12.8 Å². The van der Waals surface area contributed by atoms with E-state index in [1.165, 1.54) is 5.56 Å². The Bertz CT molecular complexity index is 470. The van der Waals surface area contributed by atoms with Crippen LogP contribution in [-0.2, 0) is 20.7 Å². The van der Waals surface area contributed by atoms with Crippen LogP contribution in [0.5, 0.6) is 0 Å². The number of ether oxygens (including phenoxy) is 1. The molecule has 1 fully saturated rings. The molecule has 1 saturated heterocycles. The highest BCUT2D eigenvalue weighted by Gasteiger charge is 2.26. The van der Waals surface area contributed by atoms with Crippen molar-refractivity contribution in [2.24, 2.45) is 11.7 Å². The van der Waals surface area contributed by atoms with Gasteiger partial charge in [-0.25, -0.2) is 0 Å². The highest BCUT2D eigenvalue weighted by molar-refractivity contribution is 5.87. The summed E-state index contributed by atoms with van der Waals surface area (Å²) >= 11 is 0. The van der Waals surface area contributed by atoms with Crippen molar-refractivity contribution in [1.82, 2.24) is 5.32 Å². The van der Waals surface area contributed by atoms with E-state index in [4.69, 9.17) is 10.5 Å². The Labute approximate surface area is 124 Å². The van der Waals surface area contributed by atoms with Crippen molar-refractivity contribution in [2.75, 3.05) is 13.2 Å². The van der Waals surface area contributed by atoms with Crippen LogP contribution in [0.1, 0.15) is 24.8 Å². The predicted molar refractivity (Wildman–Crippen MR) is 79.4 cm³/mol. The molecule has 5 heteroatoms. The van der Waals surface area contributed by atoms with Crippen LogP contribution in [0.2, 0.25) is 0 Å². The lowest BCUT2D eigenvalue weighted by molar-refractivity contribution is -0.130. The first-order chi connectivity index (χ1) is 10.2. The van der Waals surface area contributed by atoms with Gasteiger partial charge in [0, 0.05) is 6.61 Å². The quantitative estimate of drug-likeness (QED) is 0.786. The van der Waals surface area contributed by atoms with Gasteiger partial charge in [-0.3, -0.25) is 9.59 Å². The highest BCUT2D eigenvalue weighted by atomic mass is 16.5. The summed E-state index contributed by atoms with van der Waals surface area (Å²) in [7, 11) is 0. The van der Waals surface area contributed by atoms with E-state index in [9.17, 15) is 9.59 Å². The van der Waals surface area contributed by atoms with E-state index in [1.807, 2.05) is 30.3 Å². The minimum absolute atomic E-state index is 0.129. The van der Waals surface area contributed by atoms with Crippen molar-refractivity contribution in [2.45, 2.75) is 31.7 Å². The number of primary amides is 1. The molecule has 1 heterocycles. The number of carbonyl (C=O) groups excluding carboxylic acids is 2. The zero-order valence-electron chi connectivity index (χ0n) is 12.1. The van der Waals surface area contributed by atoms with Gasteiger partial charge in [-0.2, -0.15) is 0 Å². The van der Waals surface area contributed by atoms with Gasteiger partial charge in [0.05, 0.1) is 12.5 Å². The largest absolute Gasteiger partial charge is 0.381 e. The van der Waals surface area contributed by atoms with Gasteiger partial charge in [0.2, 0.25) is 11.8 Å². The summed E-state index contributed by atoms with van der Waals surface area (Å²) in [5.74, 6) is -0.757. The molecule has 0 radical (unpaired) electrons. The molecule has 0 saturated carbocycles. The molecule has 1 aliphatic heterocycles. The fourth-order valence-corrected chi connectivity index (χ4v) is 2.47. The molecule has 0 spiro atoms. The molecule has 2 rings (SSSR count). The van der Waals surface area contributed by atoms with Crippen LogP contribution in [0.15, 0.2) is 30.3 Å². The molecule has 1 aromatic carbocycles. The maximum absolute atomic E-state index is 12.0. The predicted octanol–water partition coefficient (Wildman–Crippen LogP) is 1.02. The number of hydrogen-bond donors (Lipinski definition) is 2. The Morgan fingerprint density at radius 3 is 2.71 bits per heavy atom. The van der Waals surface area contributed by atoms with Crippen molar-refractivity contribution in [3.8, 4) is 0 Å². The third kappa shape index (κ3) is 4.86. The second kappa shape index (κ2) is 7.78. The van der Waals surface area contributed by atoms with Crippen molar-refractivity contribution in [1.29, 1.82) is 0 Å². The molecule has 0 aromatic heterocycles. The van der Waals surface area contributed by atoms with Crippen LogP contribution in [-0.4, -0.2) is 31.1 Å². The van der Waals surface area contributed by atoms with Gasteiger partial charge in [-0.15, -0.1) is 0 Å². The average molecular weight is 290 g/mol. The Hall–Kier alpha value is -1.88. The molecular weight excluding hydrogens is 268 g/mol. The number of nitrogens with two attached hydrogens (primary N) is 1. The number of carbonyl (C=O) groups is 2. The van der Waals surface area contributed by atoms with Crippen molar-refractivity contribution >= 4 is 11.8 Å². The SMILES string of the molecule is NC(=O)[C@@H](CCCc1ccccc1)NC(=O)[C@H]1CCOC1. The summed E-state index contributed by atoms with van der Waals surface area (Å²) in [5, 5.41) is 2.75. The Morgan fingerprint density at radius 1 is 1.33 bits per heavy atom. The minimum atomic E-state index is -0.596. The van der Waals surface area contributed by atoms with Crippen LogP contribution in [0.4, 0.5) is 0 Å². The van der Waals surface area contributed by atoms with Crippen molar-refractivity contribution in [3.63, 3.8) is 0 Å². The summed E-state index contributed by atoms with van der Waals surface area (Å²) in [6, 6.07) is 9.45. The summed E-state index contributed by atoms with van der Waals surface area (Å²) in [5.41, 5.74) is 6.60. The second-order valence-corrected chi connectivity index (χ2v) is 5.40. The maximum Gasteiger partial charge on any atom is 0.239 e. The zero-order valence-corrected chi connectivity index (χ0v) is 12.1. The monoisotopic (exact) mass is 290 g/mol. The molecule has 21 heavy (non-hydrogen) atoms. The molecule has 0 bridgehead atoms. The van der Waals surface area contributed by atoms with Crippen LogP contribution >= 0.6 is 0 Å². The second-order valence-electron chi connectivity index (χ2n) is 5.40. The fourth-order valence-electron chi connectivity index (χ4n) is 2.47. The van der Waals surface area contributed by atoms with Crippen LogP contribution in [0.25, 0.3) is 0 Å². The van der Waals surface area contributed by atoms with Gasteiger partial charge in [-0.1, -0.05) is 30.3 Å². The topological polar surface area (TPSA) is 81.4 Å². The lowest BCUT2D eigenvalue weighted by Crippen LogP contribution is -2.46. The van der Waals surface area contributed by atoms with Gasteiger partial charge in [0.1, 0.15) is 6.04 Å². The van der Waals surface area contributed by atoms with E-state index in [1.54, 1.807) is 0 Å². The van der Waals surface area contributed by atoms with Gasteiger partial charge in [0.15, 0.2) is 0 Å². The van der Waals surface area contributed by atoms with Gasteiger partial charge in [-0.05, 0) is 31.2 Å². The lowest BCUT2D eigenvalue weighted by atomic mass is 10.0. The van der Waals surface area contributed by atoms with E-state index in [0.29, 0.717) is 26.1 Å². The first kappa shape index (κ1) is 15.5. The Kier molecular flexibility index (Phi) is 5.75. The van der Waals surface area contributed by atoms with Gasteiger partial charge in [0.25, 0.3) is 0 Å². The summed E-state index contributed by atoms with van der Waals surface area (Å²) in [6.45, 7) is 1.04. The van der Waals surface area contributed by atoms with Crippen molar-refractivity contribution < 1.29 is 14.3 Å². The molecule has 1 aliphatic rings. The standard InChI is InChI=1S/C16H22N2O3/c17-15(19)14(18-16(20)13-9-10-21-11-13)8-4-7-12-5-2-1-3-6-12/h1-3,5-6,13-14H,4,7-11H2,(H2,17,19)(H,18,20)/t13-,14+/m0/s1. The molecule has 2 atom stereocenters. The normalized spacial score (nSPS) is 19.1. The van der Waals surface area contributed by atoms with E-state index in [-0.39, 0.29) is 11.8 Å². The Balaban J connectivity index is 1.79. The summed E-state index contributed by atoms with van der Waals surface area (Å²) in [4.78, 5) is 23.5. The van der Waals surface area contributed by atoms with E-state index >= 15 is 0 Å². The molecule has 114 valence electrons. The molecule has 1 aromatic rings. The third-order valence-electron chi connectivity index (χ3n) is 3.76. The van der Waals surface area contributed by atoms with E-state index in [2.05, 4.69) is 5.32 Å². The zero-order chi connectivity index (χ0) is 15.1. The van der Waals surface area contributed by atoms with Crippen molar-refractivity contribution in [3.05, 3.63) is 35.9 Å². The lowest BCUT2D eigenvalue weighted by Gasteiger charge is -2.17. The maximum atomic E-state index is 12.0.